The molecule has 0 bridgehead atoms. The largest absolute Gasteiger partial charge is 0.481 e. The molecule has 0 amide bonds. The topological polar surface area (TPSA) is 40.5 Å². The fourth-order valence-corrected chi connectivity index (χ4v) is 2.45. The van der Waals surface area contributed by atoms with Gasteiger partial charge in [-0.25, -0.2) is 0 Å². The van der Waals surface area contributed by atoms with Gasteiger partial charge in [-0.3, -0.25) is 4.79 Å². The van der Waals surface area contributed by atoms with Gasteiger partial charge in [0.05, 0.1) is 0 Å². The monoisotopic (exact) mass is 205 g/mol. The molecule has 1 aromatic carbocycles. The molecule has 2 rings (SSSR count). The number of nitrogens with zero attached hydrogens (tertiary/aromatic N) is 1. The Morgan fingerprint density at radius 2 is 2.13 bits per heavy atom. The van der Waals surface area contributed by atoms with Gasteiger partial charge in [-0.15, -0.1) is 0 Å². The third-order valence-corrected chi connectivity index (χ3v) is 2.99. The highest BCUT2D eigenvalue weighted by Gasteiger charge is 2.32. The second-order valence-electron chi connectivity index (χ2n) is 4.29. The van der Waals surface area contributed by atoms with Crippen LogP contribution in [0.3, 0.4) is 0 Å². The van der Waals surface area contributed by atoms with Crippen LogP contribution >= 0.6 is 0 Å². The average molecular weight is 205 g/mol. The molecule has 1 N–H and O–H groups in total. The number of aliphatic carboxylic acids is 1. The molecule has 1 heterocycles. The summed E-state index contributed by atoms with van der Waals surface area (Å²) in [7, 11) is 1.95. The van der Waals surface area contributed by atoms with Crippen molar-refractivity contribution >= 4 is 11.7 Å². The summed E-state index contributed by atoms with van der Waals surface area (Å²) >= 11 is 0. The quantitative estimate of drug-likeness (QED) is 0.761. The fourth-order valence-electron chi connectivity index (χ4n) is 2.45. The molecule has 0 saturated carbocycles. The molecule has 15 heavy (non-hydrogen) atoms. The summed E-state index contributed by atoms with van der Waals surface area (Å²) < 4.78 is 0. The van der Waals surface area contributed by atoms with Crippen molar-refractivity contribution in [1.82, 2.24) is 0 Å². The van der Waals surface area contributed by atoms with Crippen molar-refractivity contribution in [1.29, 1.82) is 0 Å². The van der Waals surface area contributed by atoms with Crippen LogP contribution in [0, 0.1) is 13.8 Å². The molecule has 0 aromatic heterocycles. The van der Waals surface area contributed by atoms with Crippen LogP contribution in [0.2, 0.25) is 0 Å². The number of anilines is 1. The number of rotatable bonds is 1. The maximum Gasteiger partial charge on any atom is 0.312 e. The maximum absolute atomic E-state index is 11.1. The van der Waals surface area contributed by atoms with Crippen molar-refractivity contribution in [3.05, 3.63) is 28.8 Å². The lowest BCUT2D eigenvalue weighted by molar-refractivity contribution is -0.138. The smallest absolute Gasteiger partial charge is 0.312 e. The first kappa shape index (κ1) is 10.0. The van der Waals surface area contributed by atoms with E-state index in [-0.39, 0.29) is 5.92 Å². The van der Waals surface area contributed by atoms with Crippen LogP contribution in [-0.4, -0.2) is 24.7 Å². The Hall–Kier alpha value is -1.51. The lowest BCUT2D eigenvalue weighted by Gasteiger charge is -2.14. The number of carboxylic acid groups (broad SMARTS) is 1. The number of carbonyl (C=O) groups is 1. The first-order chi connectivity index (χ1) is 7.00. The number of carboxylic acids is 1. The highest BCUT2D eigenvalue weighted by atomic mass is 16.4. The molecule has 1 unspecified atom stereocenters. The third-order valence-electron chi connectivity index (χ3n) is 2.99. The zero-order valence-electron chi connectivity index (χ0n) is 9.24. The Morgan fingerprint density at radius 1 is 1.47 bits per heavy atom. The van der Waals surface area contributed by atoms with Crippen molar-refractivity contribution in [2.45, 2.75) is 19.8 Å². The normalized spacial score (nSPS) is 19.1. The van der Waals surface area contributed by atoms with E-state index in [1.54, 1.807) is 0 Å². The van der Waals surface area contributed by atoms with Gasteiger partial charge in [0.1, 0.15) is 5.92 Å². The van der Waals surface area contributed by atoms with E-state index in [9.17, 15) is 4.79 Å². The summed E-state index contributed by atoms with van der Waals surface area (Å²) in [6, 6.07) is 4.09. The minimum atomic E-state index is -0.731. The Balaban J connectivity index is 2.60. The van der Waals surface area contributed by atoms with E-state index >= 15 is 0 Å². The predicted molar refractivity (Wildman–Crippen MR) is 59.6 cm³/mol. The van der Waals surface area contributed by atoms with Gasteiger partial charge >= 0.3 is 5.97 Å². The SMILES string of the molecule is Cc1cc(C)c2c(c1)C(C(=O)O)CN2C. The number of benzene rings is 1. The molecule has 80 valence electrons. The molecule has 0 aliphatic carbocycles. The van der Waals surface area contributed by atoms with Gasteiger partial charge in [0.15, 0.2) is 0 Å². The Bertz CT molecular complexity index is 426. The van der Waals surface area contributed by atoms with E-state index in [4.69, 9.17) is 5.11 Å². The van der Waals surface area contributed by atoms with Crippen LogP contribution in [-0.2, 0) is 4.79 Å². The maximum atomic E-state index is 11.1. The van der Waals surface area contributed by atoms with Gasteiger partial charge in [-0.1, -0.05) is 17.7 Å². The third kappa shape index (κ3) is 1.48. The molecule has 0 fully saturated rings. The average Bonchev–Trinajstić information content (AvgIpc) is 2.42. The molecular weight excluding hydrogens is 190 g/mol. The number of hydrogen-bond acceptors (Lipinski definition) is 2. The van der Waals surface area contributed by atoms with Crippen LogP contribution in [0.5, 0.6) is 0 Å². The van der Waals surface area contributed by atoms with Gasteiger partial charge in [-0.05, 0) is 25.0 Å². The summed E-state index contributed by atoms with van der Waals surface area (Å²) in [4.78, 5) is 13.1. The molecule has 3 heteroatoms. The van der Waals surface area contributed by atoms with Gasteiger partial charge in [0, 0.05) is 19.3 Å². The van der Waals surface area contributed by atoms with Crippen molar-refractivity contribution in [3.8, 4) is 0 Å². The second kappa shape index (κ2) is 3.26. The molecule has 0 spiro atoms. The standard InChI is InChI=1S/C12H15NO2/c1-7-4-8(2)11-9(5-7)10(12(14)15)6-13(11)3/h4-5,10H,6H2,1-3H3,(H,14,15). The first-order valence-corrected chi connectivity index (χ1v) is 5.06. The highest BCUT2D eigenvalue weighted by molar-refractivity contribution is 5.84. The molecular formula is C12H15NO2. The van der Waals surface area contributed by atoms with Crippen LogP contribution in [0.25, 0.3) is 0 Å². The Kier molecular flexibility index (Phi) is 2.18. The fraction of sp³-hybridized carbons (Fsp3) is 0.417. The van der Waals surface area contributed by atoms with E-state index in [0.29, 0.717) is 6.54 Å². The molecule has 1 aliphatic heterocycles. The summed E-state index contributed by atoms with van der Waals surface area (Å²) in [5.41, 5.74) is 4.35. The van der Waals surface area contributed by atoms with E-state index in [1.165, 1.54) is 0 Å². The lowest BCUT2D eigenvalue weighted by atomic mass is 9.97. The number of likely N-dealkylation sites (N-methyl/N-ethyl adjacent to an activating group) is 1. The number of aryl methyl sites for hydroxylation is 2. The van der Waals surface area contributed by atoms with Gasteiger partial charge in [-0.2, -0.15) is 0 Å². The van der Waals surface area contributed by atoms with Crippen LogP contribution in [0.15, 0.2) is 12.1 Å². The zero-order valence-corrected chi connectivity index (χ0v) is 9.24. The molecule has 1 aliphatic rings. The van der Waals surface area contributed by atoms with E-state index in [0.717, 1.165) is 22.4 Å². The van der Waals surface area contributed by atoms with E-state index < -0.39 is 5.97 Å². The Labute approximate surface area is 89.3 Å². The summed E-state index contributed by atoms with van der Waals surface area (Å²) in [5, 5.41) is 9.13. The lowest BCUT2D eigenvalue weighted by Crippen LogP contribution is -2.20. The summed E-state index contributed by atoms with van der Waals surface area (Å²) in [5.74, 6) is -1.10. The first-order valence-electron chi connectivity index (χ1n) is 5.06. The minimum Gasteiger partial charge on any atom is -0.481 e. The molecule has 0 saturated heterocycles. The van der Waals surface area contributed by atoms with Crippen molar-refractivity contribution in [3.63, 3.8) is 0 Å². The van der Waals surface area contributed by atoms with Gasteiger partial charge < -0.3 is 10.0 Å². The number of fused-ring (bicyclic) bond motifs is 1. The minimum absolute atomic E-state index is 0.372. The van der Waals surface area contributed by atoms with Crippen LogP contribution in [0.1, 0.15) is 22.6 Å². The van der Waals surface area contributed by atoms with Crippen molar-refractivity contribution in [2.24, 2.45) is 0 Å². The Morgan fingerprint density at radius 3 is 2.73 bits per heavy atom. The van der Waals surface area contributed by atoms with Crippen LogP contribution in [0.4, 0.5) is 5.69 Å². The highest BCUT2D eigenvalue weighted by Crippen LogP contribution is 2.38. The van der Waals surface area contributed by atoms with Crippen molar-refractivity contribution < 1.29 is 9.90 Å². The predicted octanol–water partition coefficient (Wildman–Crippen LogP) is 1.92. The van der Waals surface area contributed by atoms with E-state index in [1.807, 2.05) is 31.9 Å². The summed E-state index contributed by atoms with van der Waals surface area (Å²) in [6.45, 7) is 4.62. The molecule has 3 nitrogen and oxygen atoms in total. The van der Waals surface area contributed by atoms with Gasteiger partial charge in [0.25, 0.3) is 0 Å². The van der Waals surface area contributed by atoms with Crippen molar-refractivity contribution in [2.75, 3.05) is 18.5 Å². The molecule has 1 atom stereocenters. The van der Waals surface area contributed by atoms with Crippen LogP contribution < -0.4 is 4.90 Å². The van der Waals surface area contributed by atoms with E-state index in [2.05, 4.69) is 6.07 Å². The zero-order chi connectivity index (χ0) is 11.2. The second-order valence-corrected chi connectivity index (χ2v) is 4.29. The van der Waals surface area contributed by atoms with Gasteiger partial charge in [0.2, 0.25) is 0 Å². The number of hydrogen-bond donors (Lipinski definition) is 1. The molecule has 1 aromatic rings. The molecule has 0 radical (unpaired) electrons. The summed E-state index contributed by atoms with van der Waals surface area (Å²) in [6.07, 6.45) is 0.